The van der Waals surface area contributed by atoms with E-state index in [4.69, 9.17) is 0 Å². The van der Waals surface area contributed by atoms with E-state index in [1.165, 1.54) is 17.1 Å². The topological polar surface area (TPSA) is 74.7 Å². The fourth-order valence-corrected chi connectivity index (χ4v) is 4.50. The third-order valence-corrected chi connectivity index (χ3v) is 5.64. The molecular formula is C19H19NO4. The lowest BCUT2D eigenvalue weighted by Crippen LogP contribution is -2.47. The van der Waals surface area contributed by atoms with Crippen molar-refractivity contribution in [2.24, 2.45) is 23.7 Å². The smallest absolute Gasteiger partial charge is 0.233 e. The first-order chi connectivity index (χ1) is 11.6. The van der Waals surface area contributed by atoms with E-state index in [-0.39, 0.29) is 30.1 Å². The number of carbonyl (C=O) groups excluding carboxylic acids is 3. The molecule has 4 rings (SSSR count). The molecule has 2 fully saturated rings. The molecule has 24 heavy (non-hydrogen) atoms. The van der Waals surface area contributed by atoms with Crippen LogP contribution >= 0.6 is 0 Å². The molecule has 1 N–H and O–H groups in total. The number of likely N-dealkylation sites (tertiary alicyclic amines) is 1. The Labute approximate surface area is 140 Å². The first-order valence-corrected chi connectivity index (χ1v) is 8.37. The van der Waals surface area contributed by atoms with Crippen LogP contribution in [0.4, 0.5) is 0 Å². The fourth-order valence-electron chi connectivity index (χ4n) is 4.50. The number of hydrogen-bond acceptors (Lipinski definition) is 4. The SMILES string of the molecule is O=C1C=C[C@@H](O)[C@@H]2[C@@H]3C(=O)N(Cc4ccccc4)C(=O)[C@@H]3CC[C@@H]12. The monoisotopic (exact) mass is 325 g/mol. The molecule has 1 aromatic rings. The number of rotatable bonds is 2. The van der Waals surface area contributed by atoms with Gasteiger partial charge in [-0.2, -0.15) is 0 Å². The minimum atomic E-state index is -0.839. The van der Waals surface area contributed by atoms with E-state index in [1.54, 1.807) is 0 Å². The van der Waals surface area contributed by atoms with Crippen LogP contribution in [0.25, 0.3) is 0 Å². The summed E-state index contributed by atoms with van der Waals surface area (Å²) in [6.45, 7) is 0.253. The summed E-state index contributed by atoms with van der Waals surface area (Å²) in [5, 5.41) is 10.3. The normalized spacial score (nSPS) is 35.1. The van der Waals surface area contributed by atoms with Crippen LogP contribution in [0.3, 0.4) is 0 Å². The molecule has 1 saturated carbocycles. The third-order valence-electron chi connectivity index (χ3n) is 5.64. The van der Waals surface area contributed by atoms with Crippen molar-refractivity contribution in [1.82, 2.24) is 4.90 Å². The van der Waals surface area contributed by atoms with Gasteiger partial charge in [0.1, 0.15) is 0 Å². The number of carbonyl (C=O) groups is 3. The van der Waals surface area contributed by atoms with Gasteiger partial charge in [-0.1, -0.05) is 36.4 Å². The van der Waals surface area contributed by atoms with Gasteiger partial charge in [0.25, 0.3) is 0 Å². The number of nitrogens with zero attached hydrogens (tertiary/aromatic N) is 1. The highest BCUT2D eigenvalue weighted by Crippen LogP contribution is 2.48. The molecular weight excluding hydrogens is 306 g/mol. The van der Waals surface area contributed by atoms with Crippen LogP contribution in [0, 0.1) is 23.7 Å². The number of amides is 2. The molecule has 1 aromatic carbocycles. The summed E-state index contributed by atoms with van der Waals surface area (Å²) in [7, 11) is 0. The Morgan fingerprint density at radius 2 is 1.71 bits per heavy atom. The molecule has 0 unspecified atom stereocenters. The molecule has 2 aliphatic carbocycles. The number of imide groups is 1. The lowest BCUT2D eigenvalue weighted by Gasteiger charge is -2.40. The molecule has 124 valence electrons. The van der Waals surface area contributed by atoms with Gasteiger partial charge in [0, 0.05) is 11.8 Å². The van der Waals surface area contributed by atoms with Gasteiger partial charge in [0.05, 0.1) is 24.5 Å². The summed E-state index contributed by atoms with van der Waals surface area (Å²) in [4.78, 5) is 39.1. The average Bonchev–Trinajstić information content (AvgIpc) is 2.84. The maximum Gasteiger partial charge on any atom is 0.233 e. The van der Waals surface area contributed by atoms with Crippen molar-refractivity contribution in [3.8, 4) is 0 Å². The number of ketones is 1. The van der Waals surface area contributed by atoms with E-state index in [2.05, 4.69) is 0 Å². The largest absolute Gasteiger partial charge is 0.389 e. The maximum atomic E-state index is 12.9. The van der Waals surface area contributed by atoms with Crippen LogP contribution in [-0.2, 0) is 20.9 Å². The Morgan fingerprint density at radius 3 is 2.46 bits per heavy atom. The summed E-state index contributed by atoms with van der Waals surface area (Å²) in [5.41, 5.74) is 0.898. The highest BCUT2D eigenvalue weighted by atomic mass is 16.3. The molecule has 3 aliphatic rings. The number of hydrogen-bond donors (Lipinski definition) is 1. The number of allylic oxidation sites excluding steroid dienone is 1. The van der Waals surface area contributed by atoms with E-state index in [1.807, 2.05) is 30.3 Å². The van der Waals surface area contributed by atoms with Gasteiger partial charge in [-0.25, -0.2) is 0 Å². The van der Waals surface area contributed by atoms with Crippen LogP contribution in [0.15, 0.2) is 42.5 Å². The van der Waals surface area contributed by atoms with Gasteiger partial charge in [-0.3, -0.25) is 19.3 Å². The van der Waals surface area contributed by atoms with Crippen molar-refractivity contribution < 1.29 is 19.5 Å². The summed E-state index contributed by atoms with van der Waals surface area (Å²) in [6, 6.07) is 9.40. The van der Waals surface area contributed by atoms with Crippen LogP contribution in [0.5, 0.6) is 0 Å². The molecule has 1 aliphatic heterocycles. The Balaban J connectivity index is 1.64. The molecule has 5 heteroatoms. The number of aliphatic hydroxyl groups is 1. The average molecular weight is 325 g/mol. The van der Waals surface area contributed by atoms with E-state index < -0.39 is 23.9 Å². The quantitative estimate of drug-likeness (QED) is 0.832. The van der Waals surface area contributed by atoms with Gasteiger partial charge in [0.2, 0.25) is 11.8 Å². The molecule has 0 radical (unpaired) electrons. The van der Waals surface area contributed by atoms with Gasteiger partial charge < -0.3 is 5.11 Å². The summed E-state index contributed by atoms with van der Waals surface area (Å²) >= 11 is 0. The predicted octanol–water partition coefficient (Wildman–Crippen LogP) is 1.31. The zero-order valence-corrected chi connectivity index (χ0v) is 13.2. The molecule has 1 heterocycles. The van der Waals surface area contributed by atoms with Crippen molar-refractivity contribution in [2.75, 3.05) is 0 Å². The predicted molar refractivity (Wildman–Crippen MR) is 85.3 cm³/mol. The zero-order chi connectivity index (χ0) is 16.8. The van der Waals surface area contributed by atoms with Gasteiger partial charge in [-0.15, -0.1) is 0 Å². The van der Waals surface area contributed by atoms with Crippen LogP contribution in [0.1, 0.15) is 18.4 Å². The minimum absolute atomic E-state index is 0.0366. The van der Waals surface area contributed by atoms with E-state index in [0.717, 1.165) is 5.56 Å². The van der Waals surface area contributed by atoms with Gasteiger partial charge in [0.15, 0.2) is 5.78 Å². The molecule has 0 bridgehead atoms. The first-order valence-electron chi connectivity index (χ1n) is 8.37. The van der Waals surface area contributed by atoms with Gasteiger partial charge >= 0.3 is 0 Å². The Hall–Kier alpha value is -2.27. The zero-order valence-electron chi connectivity index (χ0n) is 13.2. The molecule has 2 amide bonds. The van der Waals surface area contributed by atoms with Crippen molar-refractivity contribution >= 4 is 17.6 Å². The summed E-state index contributed by atoms with van der Waals surface area (Å²) in [6.07, 6.45) is 3.13. The highest BCUT2D eigenvalue weighted by molar-refractivity contribution is 6.06. The van der Waals surface area contributed by atoms with Crippen LogP contribution < -0.4 is 0 Å². The second-order valence-electron chi connectivity index (χ2n) is 6.89. The molecule has 1 saturated heterocycles. The standard InChI is InChI=1S/C19H19NO4/c21-14-8-9-15(22)16-12(14)6-7-13-17(16)19(24)20(18(13)23)10-11-4-2-1-3-5-11/h1-5,8-9,12-13,15-17,22H,6-7,10H2/t12-,13+,15+,16+,17+/m0/s1. The lowest BCUT2D eigenvalue weighted by atomic mass is 9.62. The van der Waals surface area contributed by atoms with Crippen LogP contribution in [-0.4, -0.2) is 33.7 Å². The van der Waals surface area contributed by atoms with E-state index in [9.17, 15) is 19.5 Å². The summed E-state index contributed by atoms with van der Waals surface area (Å²) < 4.78 is 0. The van der Waals surface area contributed by atoms with E-state index in [0.29, 0.717) is 12.8 Å². The number of benzene rings is 1. The van der Waals surface area contributed by atoms with Crippen molar-refractivity contribution in [3.63, 3.8) is 0 Å². The number of aliphatic hydroxyl groups excluding tert-OH is 1. The van der Waals surface area contributed by atoms with Crippen LogP contribution in [0.2, 0.25) is 0 Å². The van der Waals surface area contributed by atoms with E-state index >= 15 is 0 Å². The first kappa shape index (κ1) is 15.3. The van der Waals surface area contributed by atoms with Crippen molar-refractivity contribution in [1.29, 1.82) is 0 Å². The molecule has 5 nitrogen and oxygen atoms in total. The number of fused-ring (bicyclic) bond motifs is 3. The third kappa shape index (κ3) is 2.23. The Bertz CT molecular complexity index is 726. The highest BCUT2D eigenvalue weighted by Gasteiger charge is 2.57. The Morgan fingerprint density at radius 1 is 1.00 bits per heavy atom. The lowest BCUT2D eigenvalue weighted by molar-refractivity contribution is -0.141. The molecule has 5 atom stereocenters. The second kappa shape index (κ2) is 5.67. The fraction of sp³-hybridized carbons (Fsp3) is 0.421. The van der Waals surface area contributed by atoms with Gasteiger partial charge in [-0.05, 0) is 24.5 Å². The minimum Gasteiger partial charge on any atom is -0.389 e. The van der Waals surface area contributed by atoms with Crippen molar-refractivity contribution in [3.05, 3.63) is 48.0 Å². The Kier molecular flexibility index (Phi) is 3.61. The van der Waals surface area contributed by atoms with Crippen molar-refractivity contribution in [2.45, 2.75) is 25.5 Å². The maximum absolute atomic E-state index is 12.9. The summed E-state index contributed by atoms with van der Waals surface area (Å²) in [5.74, 6) is -2.25. The second-order valence-corrected chi connectivity index (χ2v) is 6.89. The molecule has 0 aromatic heterocycles. The molecule has 0 spiro atoms.